The van der Waals surface area contributed by atoms with E-state index in [1.807, 2.05) is 84.3 Å². The minimum Gasteiger partial charge on any atom is -0.497 e. The summed E-state index contributed by atoms with van der Waals surface area (Å²) in [6.07, 6.45) is 0. The van der Waals surface area contributed by atoms with Crippen molar-refractivity contribution in [3.05, 3.63) is 105 Å². The van der Waals surface area contributed by atoms with Crippen LogP contribution < -0.4 is 9.47 Å². The highest BCUT2D eigenvalue weighted by Gasteiger charge is 2.24. The third kappa shape index (κ3) is 6.32. The average Bonchev–Trinajstić information content (AvgIpc) is 3.23. The van der Waals surface area contributed by atoms with E-state index in [-0.39, 0.29) is 11.5 Å². The number of nitro groups is 1. The van der Waals surface area contributed by atoms with Crippen molar-refractivity contribution in [2.45, 2.75) is 23.9 Å². The van der Waals surface area contributed by atoms with Crippen LogP contribution in [0.3, 0.4) is 0 Å². The predicted octanol–water partition coefficient (Wildman–Crippen LogP) is 5.93. The fourth-order valence-corrected chi connectivity index (χ4v) is 4.75. The van der Waals surface area contributed by atoms with Crippen LogP contribution in [0.4, 0.5) is 0 Å². The Morgan fingerprint density at radius 3 is 2.29 bits per heavy atom. The summed E-state index contributed by atoms with van der Waals surface area (Å²) >= 11 is 7.23. The van der Waals surface area contributed by atoms with Crippen molar-refractivity contribution in [3.8, 4) is 17.2 Å². The largest absolute Gasteiger partial charge is 0.497 e. The van der Waals surface area contributed by atoms with Crippen LogP contribution >= 0.6 is 23.4 Å². The van der Waals surface area contributed by atoms with Gasteiger partial charge in [0.2, 0.25) is 6.54 Å². The molecule has 180 valence electrons. The van der Waals surface area contributed by atoms with Crippen LogP contribution in [-0.4, -0.2) is 33.3 Å². The standard InChI is InChI=1S/C25H23ClN4O4S/c1-17-27-28-25(30(17)21-9-13-22(33-2)14-10-21)35-24(15-29(31)32)19-5-11-23(12-6-19)34-16-18-3-7-20(26)8-4-18/h3-14,24H,15-16H2,1-2H3/t24-/m1/s1. The van der Waals surface area contributed by atoms with Crippen molar-refractivity contribution in [2.24, 2.45) is 0 Å². The minimum absolute atomic E-state index is 0.260. The molecule has 0 aliphatic rings. The molecule has 0 amide bonds. The number of ether oxygens (including phenoxy) is 2. The maximum Gasteiger partial charge on any atom is 0.220 e. The first-order chi connectivity index (χ1) is 16.9. The first kappa shape index (κ1) is 24.6. The number of hydrogen-bond acceptors (Lipinski definition) is 7. The molecule has 4 aromatic rings. The van der Waals surface area contributed by atoms with Crippen molar-refractivity contribution in [3.63, 3.8) is 0 Å². The van der Waals surface area contributed by atoms with E-state index in [1.165, 1.54) is 11.8 Å². The lowest BCUT2D eigenvalue weighted by atomic mass is 10.1. The third-order valence-electron chi connectivity index (χ3n) is 5.26. The van der Waals surface area contributed by atoms with Gasteiger partial charge in [-0.25, -0.2) is 0 Å². The molecule has 8 nitrogen and oxygen atoms in total. The molecule has 10 heteroatoms. The van der Waals surface area contributed by atoms with Crippen LogP contribution in [0.5, 0.6) is 11.5 Å². The van der Waals surface area contributed by atoms with Crippen molar-refractivity contribution in [1.29, 1.82) is 0 Å². The molecular weight excluding hydrogens is 488 g/mol. The van der Waals surface area contributed by atoms with Gasteiger partial charge in [0, 0.05) is 15.6 Å². The molecule has 0 N–H and O–H groups in total. The Morgan fingerprint density at radius 1 is 1.00 bits per heavy atom. The van der Waals surface area contributed by atoms with Gasteiger partial charge in [0.1, 0.15) is 29.2 Å². The Balaban J connectivity index is 1.52. The molecule has 0 aliphatic heterocycles. The monoisotopic (exact) mass is 510 g/mol. The van der Waals surface area contributed by atoms with E-state index < -0.39 is 5.25 Å². The van der Waals surface area contributed by atoms with Gasteiger partial charge in [-0.05, 0) is 66.6 Å². The fraction of sp³-hybridized carbons (Fsp3) is 0.200. The molecule has 0 aliphatic carbocycles. The summed E-state index contributed by atoms with van der Waals surface area (Å²) in [6.45, 7) is 1.98. The summed E-state index contributed by atoms with van der Waals surface area (Å²) < 4.78 is 13.0. The lowest BCUT2D eigenvalue weighted by Crippen LogP contribution is -2.11. The highest BCUT2D eigenvalue weighted by atomic mass is 35.5. The molecule has 35 heavy (non-hydrogen) atoms. The zero-order valence-corrected chi connectivity index (χ0v) is 20.7. The van der Waals surface area contributed by atoms with E-state index in [9.17, 15) is 10.1 Å². The Morgan fingerprint density at radius 2 is 1.66 bits per heavy atom. The van der Waals surface area contributed by atoms with E-state index in [1.54, 1.807) is 7.11 Å². The summed E-state index contributed by atoms with van der Waals surface area (Å²) in [5.41, 5.74) is 2.64. The number of aromatic nitrogens is 3. The molecule has 1 aromatic heterocycles. The maximum absolute atomic E-state index is 11.5. The SMILES string of the molecule is COc1ccc(-n2c(C)nnc2S[C@H](C[N+](=O)[O-])c2ccc(OCc3ccc(Cl)cc3)cc2)cc1. The molecule has 1 atom stereocenters. The minimum atomic E-state index is -0.462. The number of thioether (sulfide) groups is 1. The summed E-state index contributed by atoms with van der Waals surface area (Å²) in [5.74, 6) is 2.09. The van der Waals surface area contributed by atoms with E-state index in [4.69, 9.17) is 21.1 Å². The normalized spacial score (nSPS) is 11.7. The Kier molecular flexibility index (Phi) is 7.89. The van der Waals surface area contributed by atoms with E-state index in [0.717, 1.165) is 22.6 Å². The Bertz CT molecular complexity index is 1280. The molecule has 0 fully saturated rings. The van der Waals surface area contributed by atoms with Crippen molar-refractivity contribution >= 4 is 23.4 Å². The molecule has 1 heterocycles. The average molecular weight is 511 g/mol. The maximum atomic E-state index is 11.5. The molecule has 0 saturated carbocycles. The van der Waals surface area contributed by atoms with Crippen molar-refractivity contribution < 1.29 is 14.4 Å². The number of hydrogen-bond donors (Lipinski definition) is 0. The quantitative estimate of drug-likeness (QED) is 0.148. The molecule has 0 bridgehead atoms. The predicted molar refractivity (Wildman–Crippen MR) is 135 cm³/mol. The van der Waals surface area contributed by atoms with Crippen LogP contribution in [0.1, 0.15) is 22.2 Å². The molecule has 3 aromatic carbocycles. The van der Waals surface area contributed by atoms with Gasteiger partial charge in [-0.15, -0.1) is 10.2 Å². The molecule has 0 radical (unpaired) electrons. The number of rotatable bonds is 10. The second-order valence-corrected chi connectivity index (χ2v) is 9.28. The summed E-state index contributed by atoms with van der Waals surface area (Å²) in [4.78, 5) is 11.1. The van der Waals surface area contributed by atoms with E-state index in [2.05, 4.69) is 10.2 Å². The smallest absolute Gasteiger partial charge is 0.220 e. The van der Waals surface area contributed by atoms with Gasteiger partial charge in [-0.2, -0.15) is 0 Å². The number of halogens is 1. The molecule has 0 unspecified atom stereocenters. The molecule has 0 spiro atoms. The summed E-state index contributed by atoms with van der Waals surface area (Å²) in [7, 11) is 1.61. The lowest BCUT2D eigenvalue weighted by Gasteiger charge is -2.15. The van der Waals surface area contributed by atoms with Crippen LogP contribution in [0.25, 0.3) is 5.69 Å². The molecule has 4 rings (SSSR count). The lowest BCUT2D eigenvalue weighted by molar-refractivity contribution is -0.479. The van der Waals surface area contributed by atoms with Gasteiger partial charge in [-0.3, -0.25) is 14.7 Å². The number of nitrogens with zero attached hydrogens (tertiary/aromatic N) is 4. The van der Waals surface area contributed by atoms with Gasteiger partial charge in [0.15, 0.2) is 5.16 Å². The van der Waals surface area contributed by atoms with Crippen molar-refractivity contribution in [2.75, 3.05) is 13.7 Å². The highest BCUT2D eigenvalue weighted by molar-refractivity contribution is 7.99. The van der Waals surface area contributed by atoms with Crippen molar-refractivity contribution in [1.82, 2.24) is 14.8 Å². The van der Waals surface area contributed by atoms with Gasteiger partial charge in [-0.1, -0.05) is 47.6 Å². The van der Waals surface area contributed by atoms with Crippen LogP contribution in [0, 0.1) is 17.0 Å². The molecule has 0 saturated heterocycles. The Labute approximate surface area is 212 Å². The molecular formula is C25H23ClN4O4S. The highest BCUT2D eigenvalue weighted by Crippen LogP contribution is 2.36. The first-order valence-corrected chi connectivity index (χ1v) is 12.0. The zero-order chi connectivity index (χ0) is 24.8. The summed E-state index contributed by atoms with van der Waals surface area (Å²) in [5, 5.41) is 20.7. The fourth-order valence-electron chi connectivity index (χ4n) is 3.45. The van der Waals surface area contributed by atoms with Gasteiger partial charge in [0.05, 0.1) is 7.11 Å². The second kappa shape index (κ2) is 11.2. The number of benzene rings is 3. The second-order valence-electron chi connectivity index (χ2n) is 7.67. The first-order valence-electron chi connectivity index (χ1n) is 10.7. The topological polar surface area (TPSA) is 92.3 Å². The van der Waals surface area contributed by atoms with E-state index in [0.29, 0.717) is 28.4 Å². The summed E-state index contributed by atoms with van der Waals surface area (Å²) in [6, 6.07) is 22.3. The number of aryl methyl sites for hydroxylation is 1. The van der Waals surface area contributed by atoms with Crippen LogP contribution in [0.2, 0.25) is 5.02 Å². The Hall–Kier alpha value is -3.56. The van der Waals surface area contributed by atoms with Crippen LogP contribution in [0.15, 0.2) is 78.0 Å². The van der Waals surface area contributed by atoms with Gasteiger partial charge < -0.3 is 9.47 Å². The van der Waals surface area contributed by atoms with E-state index >= 15 is 0 Å². The zero-order valence-electron chi connectivity index (χ0n) is 19.1. The third-order valence-corrected chi connectivity index (χ3v) is 6.69. The van der Waals surface area contributed by atoms with Gasteiger partial charge in [0.25, 0.3) is 0 Å². The van der Waals surface area contributed by atoms with Gasteiger partial charge >= 0.3 is 0 Å². The number of methoxy groups -OCH3 is 1. The van der Waals surface area contributed by atoms with Crippen LogP contribution in [-0.2, 0) is 6.61 Å².